The molecule has 132 valence electrons. The van der Waals surface area contributed by atoms with Crippen LogP contribution in [0.4, 0.5) is 0 Å². The Labute approximate surface area is 145 Å². The summed E-state index contributed by atoms with van der Waals surface area (Å²) in [6, 6.07) is 9.41. The van der Waals surface area contributed by atoms with Gasteiger partial charge < -0.3 is 15.4 Å². The van der Waals surface area contributed by atoms with E-state index in [0.717, 1.165) is 29.9 Å². The fraction of sp³-hybridized carbons (Fsp3) is 0.632. The predicted octanol–water partition coefficient (Wildman–Crippen LogP) is 2.38. The topological polar surface area (TPSA) is 48.9 Å². The van der Waals surface area contributed by atoms with Gasteiger partial charge >= 0.3 is 0 Å². The average molecular weight is 330 g/mol. The standard InChI is InChI=1S/C19H30N4O/c1-20-19(21-13-15-7-3-6-10-18(15)24-2)22-16-11-12-23(14-16)17-8-4-5-9-17/h3,6-7,10,16-17H,4-5,8-9,11-14H2,1-2H3,(H2,20,21,22). The summed E-state index contributed by atoms with van der Waals surface area (Å²) in [5, 5.41) is 7.00. The van der Waals surface area contributed by atoms with Crippen LogP contribution in [0.3, 0.4) is 0 Å². The number of ether oxygens (including phenoxy) is 1. The van der Waals surface area contributed by atoms with E-state index in [4.69, 9.17) is 4.74 Å². The zero-order valence-electron chi connectivity index (χ0n) is 14.9. The number of rotatable bonds is 5. The summed E-state index contributed by atoms with van der Waals surface area (Å²) < 4.78 is 5.41. The first-order valence-corrected chi connectivity index (χ1v) is 9.13. The third kappa shape index (κ3) is 4.20. The number of nitrogens with one attached hydrogen (secondary N) is 2. The van der Waals surface area contributed by atoms with Crippen molar-refractivity contribution < 1.29 is 4.74 Å². The lowest BCUT2D eigenvalue weighted by atomic mass is 10.2. The van der Waals surface area contributed by atoms with Crippen LogP contribution in [-0.2, 0) is 6.54 Å². The molecule has 0 amide bonds. The van der Waals surface area contributed by atoms with Gasteiger partial charge in [-0.2, -0.15) is 0 Å². The first-order chi connectivity index (χ1) is 11.8. The van der Waals surface area contributed by atoms with Gasteiger partial charge in [0.05, 0.1) is 7.11 Å². The van der Waals surface area contributed by atoms with Crippen LogP contribution in [0.25, 0.3) is 0 Å². The molecular weight excluding hydrogens is 300 g/mol. The molecule has 1 aromatic carbocycles. The molecule has 0 radical (unpaired) electrons. The highest BCUT2D eigenvalue weighted by atomic mass is 16.5. The van der Waals surface area contributed by atoms with Gasteiger partial charge in [0.2, 0.25) is 0 Å². The Hall–Kier alpha value is -1.75. The second-order valence-corrected chi connectivity index (χ2v) is 6.80. The van der Waals surface area contributed by atoms with Crippen LogP contribution >= 0.6 is 0 Å². The smallest absolute Gasteiger partial charge is 0.191 e. The Morgan fingerprint density at radius 3 is 2.79 bits per heavy atom. The van der Waals surface area contributed by atoms with Crippen molar-refractivity contribution >= 4 is 5.96 Å². The lowest BCUT2D eigenvalue weighted by Gasteiger charge is -2.24. The van der Waals surface area contributed by atoms with Crippen LogP contribution in [0.1, 0.15) is 37.7 Å². The Kier molecular flexibility index (Phi) is 5.96. The fourth-order valence-electron chi connectivity index (χ4n) is 3.92. The number of benzene rings is 1. The van der Waals surface area contributed by atoms with Crippen molar-refractivity contribution in [1.29, 1.82) is 0 Å². The maximum absolute atomic E-state index is 5.41. The predicted molar refractivity (Wildman–Crippen MR) is 98.6 cm³/mol. The molecule has 2 N–H and O–H groups in total. The van der Waals surface area contributed by atoms with Gasteiger partial charge in [-0.15, -0.1) is 0 Å². The molecule has 1 saturated carbocycles. The molecule has 5 heteroatoms. The number of guanidine groups is 1. The van der Waals surface area contributed by atoms with Gasteiger partial charge in [0, 0.05) is 44.3 Å². The highest BCUT2D eigenvalue weighted by Gasteiger charge is 2.30. The van der Waals surface area contributed by atoms with Crippen LogP contribution in [0.2, 0.25) is 0 Å². The fourth-order valence-corrected chi connectivity index (χ4v) is 3.92. The van der Waals surface area contributed by atoms with E-state index < -0.39 is 0 Å². The maximum Gasteiger partial charge on any atom is 0.191 e. The first kappa shape index (κ1) is 17.1. The van der Waals surface area contributed by atoms with E-state index in [1.807, 2.05) is 25.2 Å². The molecule has 1 aromatic rings. The molecule has 1 unspecified atom stereocenters. The molecule has 0 spiro atoms. The molecule has 1 heterocycles. The molecule has 2 aliphatic rings. The first-order valence-electron chi connectivity index (χ1n) is 9.13. The number of hydrogen-bond donors (Lipinski definition) is 2. The van der Waals surface area contributed by atoms with Gasteiger partial charge in [0.25, 0.3) is 0 Å². The monoisotopic (exact) mass is 330 g/mol. The molecule has 1 aliphatic heterocycles. The summed E-state index contributed by atoms with van der Waals surface area (Å²) in [6.07, 6.45) is 6.77. The third-order valence-corrected chi connectivity index (χ3v) is 5.26. The molecule has 1 atom stereocenters. The van der Waals surface area contributed by atoms with Crippen LogP contribution < -0.4 is 15.4 Å². The molecule has 0 aromatic heterocycles. The van der Waals surface area contributed by atoms with Gasteiger partial charge in [-0.25, -0.2) is 0 Å². The second-order valence-electron chi connectivity index (χ2n) is 6.80. The minimum absolute atomic E-state index is 0.495. The van der Waals surface area contributed by atoms with E-state index in [2.05, 4.69) is 26.6 Å². The van der Waals surface area contributed by atoms with E-state index in [9.17, 15) is 0 Å². The summed E-state index contributed by atoms with van der Waals surface area (Å²) in [5.74, 6) is 1.79. The zero-order valence-corrected chi connectivity index (χ0v) is 14.9. The van der Waals surface area contributed by atoms with E-state index >= 15 is 0 Å². The van der Waals surface area contributed by atoms with Gasteiger partial charge in [0.1, 0.15) is 5.75 Å². The summed E-state index contributed by atoms with van der Waals surface area (Å²) in [5.41, 5.74) is 1.14. The molecular formula is C19H30N4O. The van der Waals surface area contributed by atoms with Crippen molar-refractivity contribution in [2.45, 2.75) is 50.7 Å². The normalized spacial score (nSPS) is 22.8. The van der Waals surface area contributed by atoms with Gasteiger partial charge in [0.15, 0.2) is 5.96 Å². The minimum atomic E-state index is 0.495. The number of methoxy groups -OCH3 is 1. The SMILES string of the molecule is CN=C(NCc1ccccc1OC)NC1CCN(C2CCCC2)C1. The third-order valence-electron chi connectivity index (χ3n) is 5.26. The number of para-hydroxylation sites is 1. The lowest BCUT2D eigenvalue weighted by molar-refractivity contribution is 0.242. The van der Waals surface area contributed by atoms with Crippen LogP contribution in [-0.4, -0.2) is 50.2 Å². The summed E-state index contributed by atoms with van der Waals surface area (Å²) in [6.45, 7) is 3.06. The number of likely N-dealkylation sites (tertiary alicyclic amines) is 1. The van der Waals surface area contributed by atoms with Crippen LogP contribution in [0, 0.1) is 0 Å². The largest absolute Gasteiger partial charge is 0.496 e. The van der Waals surface area contributed by atoms with E-state index in [1.54, 1.807) is 7.11 Å². The number of aliphatic imine (C=N–C) groups is 1. The molecule has 1 aliphatic carbocycles. The molecule has 3 rings (SSSR count). The van der Waals surface area contributed by atoms with E-state index in [-0.39, 0.29) is 0 Å². The van der Waals surface area contributed by atoms with Crippen molar-refractivity contribution in [3.8, 4) is 5.75 Å². The average Bonchev–Trinajstić information content (AvgIpc) is 3.30. The Bertz CT molecular complexity index is 554. The number of nitrogens with zero attached hydrogens (tertiary/aromatic N) is 2. The molecule has 1 saturated heterocycles. The van der Waals surface area contributed by atoms with Crippen LogP contribution in [0.5, 0.6) is 5.75 Å². The summed E-state index contributed by atoms with van der Waals surface area (Å²) in [7, 11) is 3.54. The summed E-state index contributed by atoms with van der Waals surface area (Å²) >= 11 is 0. The van der Waals surface area contributed by atoms with Crippen molar-refractivity contribution in [2.75, 3.05) is 27.2 Å². The Morgan fingerprint density at radius 1 is 1.25 bits per heavy atom. The van der Waals surface area contributed by atoms with E-state index in [0.29, 0.717) is 12.6 Å². The van der Waals surface area contributed by atoms with Crippen molar-refractivity contribution in [3.63, 3.8) is 0 Å². The quantitative estimate of drug-likeness (QED) is 0.643. The zero-order chi connectivity index (χ0) is 16.8. The second kappa shape index (κ2) is 8.38. The maximum atomic E-state index is 5.41. The van der Waals surface area contributed by atoms with Gasteiger partial charge in [-0.1, -0.05) is 31.0 Å². The van der Waals surface area contributed by atoms with E-state index in [1.165, 1.54) is 38.6 Å². The summed E-state index contributed by atoms with van der Waals surface area (Å²) in [4.78, 5) is 7.04. The minimum Gasteiger partial charge on any atom is -0.496 e. The molecule has 24 heavy (non-hydrogen) atoms. The van der Waals surface area contributed by atoms with Crippen molar-refractivity contribution in [1.82, 2.24) is 15.5 Å². The molecule has 2 fully saturated rings. The molecule has 5 nitrogen and oxygen atoms in total. The van der Waals surface area contributed by atoms with Crippen molar-refractivity contribution in [3.05, 3.63) is 29.8 Å². The Balaban J connectivity index is 1.48. The highest BCUT2D eigenvalue weighted by Crippen LogP contribution is 2.26. The van der Waals surface area contributed by atoms with Gasteiger partial charge in [-0.05, 0) is 25.3 Å². The lowest BCUT2D eigenvalue weighted by Crippen LogP contribution is -2.45. The number of hydrogen-bond acceptors (Lipinski definition) is 3. The van der Waals surface area contributed by atoms with Gasteiger partial charge in [-0.3, -0.25) is 9.89 Å². The Morgan fingerprint density at radius 2 is 2.04 bits per heavy atom. The van der Waals surface area contributed by atoms with Crippen LogP contribution in [0.15, 0.2) is 29.3 Å². The molecule has 0 bridgehead atoms. The highest BCUT2D eigenvalue weighted by molar-refractivity contribution is 5.80. The van der Waals surface area contributed by atoms with Crippen molar-refractivity contribution in [2.24, 2.45) is 4.99 Å².